The molecule has 1 saturated carbocycles. The number of benzene rings is 1. The second-order valence-corrected chi connectivity index (χ2v) is 10.4. The summed E-state index contributed by atoms with van der Waals surface area (Å²) in [5.74, 6) is 2.32. The molecular formula is C27H30Cl2N6O2. The molecule has 8 nitrogen and oxygen atoms in total. The maximum Gasteiger partial charge on any atom is 0.258 e. The Bertz CT molecular complexity index is 1250. The molecule has 1 saturated heterocycles. The fraction of sp³-hybridized carbons (Fsp3) is 0.407. The summed E-state index contributed by atoms with van der Waals surface area (Å²) in [4.78, 5) is 28.7. The maximum atomic E-state index is 13.1. The highest BCUT2D eigenvalue weighted by Gasteiger charge is 2.21. The summed E-state index contributed by atoms with van der Waals surface area (Å²) >= 11 is 13.0. The van der Waals surface area contributed by atoms with Gasteiger partial charge in [-0.15, -0.1) is 0 Å². The summed E-state index contributed by atoms with van der Waals surface area (Å²) in [6.45, 7) is 4.72. The van der Waals surface area contributed by atoms with Gasteiger partial charge in [-0.3, -0.25) is 4.79 Å². The molecule has 0 spiro atoms. The molecular weight excluding hydrogens is 511 g/mol. The lowest BCUT2D eigenvalue weighted by atomic mass is 10.0. The summed E-state index contributed by atoms with van der Waals surface area (Å²) in [7, 11) is 0. The number of anilines is 4. The molecule has 3 aromatic rings. The molecule has 1 aromatic carbocycles. The normalized spacial score (nSPS) is 15.5. The van der Waals surface area contributed by atoms with E-state index in [1.165, 1.54) is 19.3 Å². The number of amides is 1. The van der Waals surface area contributed by atoms with E-state index >= 15 is 0 Å². The van der Waals surface area contributed by atoms with E-state index in [-0.39, 0.29) is 11.5 Å². The van der Waals surface area contributed by atoms with Gasteiger partial charge in [0.25, 0.3) is 5.91 Å². The molecule has 2 N–H and O–H groups in total. The number of rotatable bonds is 9. The van der Waals surface area contributed by atoms with Crippen molar-refractivity contribution < 1.29 is 9.53 Å². The van der Waals surface area contributed by atoms with Gasteiger partial charge >= 0.3 is 0 Å². The van der Waals surface area contributed by atoms with Crippen LogP contribution in [0.15, 0.2) is 36.5 Å². The molecule has 1 aliphatic heterocycles. The Balaban J connectivity index is 1.26. The highest BCUT2D eigenvalue weighted by Crippen LogP contribution is 2.34. The average Bonchev–Trinajstić information content (AvgIpc) is 3.68. The van der Waals surface area contributed by atoms with Gasteiger partial charge in [-0.05, 0) is 49.4 Å². The number of nitrogens with zero attached hydrogens (tertiary/aromatic N) is 4. The van der Waals surface area contributed by atoms with Crippen molar-refractivity contribution in [1.29, 1.82) is 0 Å². The van der Waals surface area contributed by atoms with E-state index < -0.39 is 0 Å². The van der Waals surface area contributed by atoms with Gasteiger partial charge in [0, 0.05) is 42.8 Å². The van der Waals surface area contributed by atoms with Crippen molar-refractivity contribution in [1.82, 2.24) is 15.0 Å². The molecule has 3 heterocycles. The lowest BCUT2D eigenvalue weighted by Crippen LogP contribution is -2.37. The Morgan fingerprint density at radius 2 is 1.84 bits per heavy atom. The molecule has 0 atom stereocenters. The largest absolute Gasteiger partial charge is 0.378 e. The first kappa shape index (κ1) is 25.7. The van der Waals surface area contributed by atoms with Gasteiger partial charge in [-0.1, -0.05) is 42.5 Å². The predicted molar refractivity (Wildman–Crippen MR) is 147 cm³/mol. The Kier molecular flexibility index (Phi) is 8.08. The van der Waals surface area contributed by atoms with E-state index in [9.17, 15) is 4.79 Å². The van der Waals surface area contributed by atoms with E-state index in [0.29, 0.717) is 46.5 Å². The van der Waals surface area contributed by atoms with Crippen LogP contribution in [0.25, 0.3) is 0 Å². The SMILES string of the molecule is Cc1cc(Nc2cc(NC(=O)c3c(Cl)cc(CCCC4CC4)cc3Cl)ccn2)nc(N2CCOCC2)n1. The van der Waals surface area contributed by atoms with Crippen molar-refractivity contribution in [2.24, 2.45) is 5.92 Å². The number of halogens is 2. The van der Waals surface area contributed by atoms with Gasteiger partial charge in [0.05, 0.1) is 28.8 Å². The second-order valence-electron chi connectivity index (χ2n) is 9.57. The maximum absolute atomic E-state index is 13.1. The number of aromatic nitrogens is 3. The quantitative estimate of drug-likeness (QED) is 0.341. The first-order chi connectivity index (χ1) is 17.9. The Morgan fingerprint density at radius 3 is 2.57 bits per heavy atom. The highest BCUT2D eigenvalue weighted by atomic mass is 35.5. The lowest BCUT2D eigenvalue weighted by molar-refractivity contribution is 0.102. The molecule has 37 heavy (non-hydrogen) atoms. The van der Waals surface area contributed by atoms with Gasteiger partial charge in [0.1, 0.15) is 11.6 Å². The minimum absolute atomic E-state index is 0.266. The molecule has 10 heteroatoms. The highest BCUT2D eigenvalue weighted by molar-refractivity contribution is 6.40. The van der Waals surface area contributed by atoms with Crippen LogP contribution >= 0.6 is 23.2 Å². The van der Waals surface area contributed by atoms with Crippen molar-refractivity contribution in [3.63, 3.8) is 0 Å². The molecule has 0 unspecified atom stereocenters. The van der Waals surface area contributed by atoms with Crippen LogP contribution in [0.3, 0.4) is 0 Å². The van der Waals surface area contributed by atoms with Gasteiger partial charge in [-0.25, -0.2) is 9.97 Å². The Labute approximate surface area is 226 Å². The van der Waals surface area contributed by atoms with Crippen LogP contribution in [-0.4, -0.2) is 47.2 Å². The average molecular weight is 541 g/mol. The second kappa shape index (κ2) is 11.6. The van der Waals surface area contributed by atoms with E-state index in [1.54, 1.807) is 18.3 Å². The van der Waals surface area contributed by atoms with Gasteiger partial charge in [0.2, 0.25) is 5.95 Å². The van der Waals surface area contributed by atoms with Crippen LogP contribution in [0.2, 0.25) is 10.0 Å². The van der Waals surface area contributed by atoms with Crippen LogP contribution in [-0.2, 0) is 11.2 Å². The topological polar surface area (TPSA) is 92.3 Å². The number of carbonyl (C=O) groups is 1. The summed E-state index contributed by atoms with van der Waals surface area (Å²) in [5.41, 5.74) is 2.72. The fourth-order valence-corrected chi connectivity index (χ4v) is 5.12. The zero-order chi connectivity index (χ0) is 25.8. The lowest BCUT2D eigenvalue weighted by Gasteiger charge is -2.27. The number of carbonyl (C=O) groups excluding carboxylic acids is 1. The third-order valence-corrected chi connectivity index (χ3v) is 7.11. The van der Waals surface area contributed by atoms with E-state index in [1.807, 2.05) is 25.1 Å². The van der Waals surface area contributed by atoms with Crippen LogP contribution in [0, 0.1) is 12.8 Å². The van der Waals surface area contributed by atoms with Crippen LogP contribution in [0.4, 0.5) is 23.3 Å². The van der Waals surface area contributed by atoms with Crippen molar-refractivity contribution in [3.05, 3.63) is 63.4 Å². The summed E-state index contributed by atoms with van der Waals surface area (Å²) in [6, 6.07) is 8.98. The summed E-state index contributed by atoms with van der Waals surface area (Å²) < 4.78 is 5.43. The predicted octanol–water partition coefficient (Wildman–Crippen LogP) is 6.05. The number of hydrogen-bond acceptors (Lipinski definition) is 7. The molecule has 2 aliphatic rings. The number of pyridine rings is 1. The van der Waals surface area contributed by atoms with Crippen LogP contribution < -0.4 is 15.5 Å². The molecule has 0 bridgehead atoms. The number of aryl methyl sites for hydroxylation is 2. The fourth-order valence-electron chi connectivity index (χ4n) is 4.41. The number of hydrogen-bond donors (Lipinski definition) is 2. The number of morpholine rings is 1. The minimum Gasteiger partial charge on any atom is -0.378 e. The minimum atomic E-state index is -0.371. The number of ether oxygens (including phenoxy) is 1. The van der Waals surface area contributed by atoms with Crippen molar-refractivity contribution in [2.45, 2.75) is 39.0 Å². The molecule has 5 rings (SSSR count). The zero-order valence-corrected chi connectivity index (χ0v) is 22.3. The van der Waals surface area contributed by atoms with Crippen molar-refractivity contribution in [2.75, 3.05) is 41.8 Å². The van der Waals surface area contributed by atoms with Crippen molar-refractivity contribution >= 4 is 52.4 Å². The van der Waals surface area contributed by atoms with Crippen LogP contribution in [0.5, 0.6) is 0 Å². The van der Waals surface area contributed by atoms with Gasteiger partial charge < -0.3 is 20.3 Å². The third kappa shape index (κ3) is 6.89. The molecule has 1 amide bonds. The molecule has 194 valence electrons. The standard InChI is InChI=1S/C27H30Cl2N6O2/c1-17-13-24(34-27(31-17)35-9-11-37-12-10-35)33-23-16-20(7-8-30-23)32-26(36)25-21(28)14-19(15-22(25)29)4-2-3-18-5-6-18/h7-8,13-16,18H,2-6,9-12H2,1H3,(H2,30,31,32,33,34,36). The van der Waals surface area contributed by atoms with E-state index in [0.717, 1.165) is 43.1 Å². The van der Waals surface area contributed by atoms with Gasteiger partial charge in [0.15, 0.2) is 0 Å². The monoisotopic (exact) mass is 540 g/mol. The summed E-state index contributed by atoms with van der Waals surface area (Å²) in [5, 5.41) is 6.81. The molecule has 1 aliphatic carbocycles. The Morgan fingerprint density at radius 1 is 1.08 bits per heavy atom. The first-order valence-electron chi connectivity index (χ1n) is 12.7. The number of nitrogens with one attached hydrogen (secondary N) is 2. The van der Waals surface area contributed by atoms with E-state index in [2.05, 4.69) is 30.5 Å². The molecule has 2 fully saturated rings. The zero-order valence-electron chi connectivity index (χ0n) is 20.8. The van der Waals surface area contributed by atoms with E-state index in [4.69, 9.17) is 27.9 Å². The van der Waals surface area contributed by atoms with Gasteiger partial charge in [-0.2, -0.15) is 4.98 Å². The Hall–Kier alpha value is -2.94. The molecule has 0 radical (unpaired) electrons. The summed E-state index contributed by atoms with van der Waals surface area (Å²) in [6.07, 6.45) is 7.56. The van der Waals surface area contributed by atoms with Crippen LogP contribution in [0.1, 0.15) is 47.3 Å². The smallest absolute Gasteiger partial charge is 0.258 e. The first-order valence-corrected chi connectivity index (χ1v) is 13.4. The van der Waals surface area contributed by atoms with Crippen molar-refractivity contribution in [3.8, 4) is 0 Å². The molecule has 2 aromatic heterocycles. The third-order valence-electron chi connectivity index (χ3n) is 6.51.